The van der Waals surface area contributed by atoms with Gasteiger partial charge in [0.2, 0.25) is 0 Å². The van der Waals surface area contributed by atoms with Gasteiger partial charge in [0.15, 0.2) is 0 Å². The molecule has 0 spiro atoms. The molecule has 0 aliphatic rings. The summed E-state index contributed by atoms with van der Waals surface area (Å²) < 4.78 is 13.6. The summed E-state index contributed by atoms with van der Waals surface area (Å²) in [6.45, 7) is 0.604. The van der Waals surface area contributed by atoms with Crippen LogP contribution in [-0.4, -0.2) is 0 Å². The van der Waals surface area contributed by atoms with Crippen LogP contribution in [0.5, 0.6) is 0 Å². The van der Waals surface area contributed by atoms with Crippen molar-refractivity contribution in [3.8, 4) is 6.07 Å². The minimum absolute atomic E-state index is 0.0608. The highest BCUT2D eigenvalue weighted by Crippen LogP contribution is 2.20. The topological polar surface area (TPSA) is 35.8 Å². The molecule has 21 heavy (non-hydrogen) atoms. The SMILES string of the molecule is N#Cc1ccc(NCc2cccc3ccccc23)cc1F. The Kier molecular flexibility index (Phi) is 3.53. The number of fused-ring (bicyclic) bond motifs is 1. The van der Waals surface area contributed by atoms with Gasteiger partial charge in [0, 0.05) is 12.2 Å². The zero-order valence-corrected chi connectivity index (χ0v) is 11.3. The van der Waals surface area contributed by atoms with Crippen molar-refractivity contribution in [3.05, 3.63) is 77.6 Å². The van der Waals surface area contributed by atoms with E-state index in [2.05, 4.69) is 29.6 Å². The van der Waals surface area contributed by atoms with Crippen molar-refractivity contribution in [2.24, 2.45) is 0 Å². The van der Waals surface area contributed by atoms with Gasteiger partial charge < -0.3 is 5.32 Å². The minimum atomic E-state index is -0.500. The molecule has 0 atom stereocenters. The Labute approximate surface area is 122 Å². The van der Waals surface area contributed by atoms with Crippen molar-refractivity contribution in [3.63, 3.8) is 0 Å². The molecule has 0 bridgehead atoms. The summed E-state index contributed by atoms with van der Waals surface area (Å²) in [5, 5.41) is 14.3. The van der Waals surface area contributed by atoms with Crippen molar-refractivity contribution >= 4 is 16.5 Å². The van der Waals surface area contributed by atoms with Crippen LogP contribution in [0.25, 0.3) is 10.8 Å². The summed E-state index contributed by atoms with van der Waals surface area (Å²) in [6.07, 6.45) is 0. The highest BCUT2D eigenvalue weighted by Gasteiger charge is 2.04. The van der Waals surface area contributed by atoms with Gasteiger partial charge in [-0.25, -0.2) is 4.39 Å². The predicted octanol–water partition coefficient (Wildman–Crippen LogP) is 4.46. The first-order valence-corrected chi connectivity index (χ1v) is 6.68. The predicted molar refractivity (Wildman–Crippen MR) is 82.4 cm³/mol. The van der Waals surface area contributed by atoms with E-state index >= 15 is 0 Å². The maximum Gasteiger partial charge on any atom is 0.143 e. The van der Waals surface area contributed by atoms with Crippen molar-refractivity contribution in [1.82, 2.24) is 0 Å². The number of benzene rings is 3. The number of nitrogens with one attached hydrogen (secondary N) is 1. The average molecular weight is 276 g/mol. The monoisotopic (exact) mass is 276 g/mol. The number of hydrogen-bond donors (Lipinski definition) is 1. The number of nitriles is 1. The summed E-state index contributed by atoms with van der Waals surface area (Å²) in [5.74, 6) is -0.500. The van der Waals surface area contributed by atoms with Crippen LogP contribution in [0.3, 0.4) is 0 Å². The van der Waals surface area contributed by atoms with Gasteiger partial charge in [-0.15, -0.1) is 0 Å². The molecule has 0 aliphatic carbocycles. The van der Waals surface area contributed by atoms with Gasteiger partial charge in [-0.1, -0.05) is 42.5 Å². The van der Waals surface area contributed by atoms with Crippen LogP contribution in [0.15, 0.2) is 60.7 Å². The largest absolute Gasteiger partial charge is 0.381 e. The molecular formula is C18H13FN2. The molecule has 0 saturated heterocycles. The molecule has 0 fully saturated rings. The van der Waals surface area contributed by atoms with Gasteiger partial charge in [-0.3, -0.25) is 0 Å². The Morgan fingerprint density at radius 2 is 1.81 bits per heavy atom. The van der Waals surface area contributed by atoms with E-state index < -0.39 is 5.82 Å². The Hall–Kier alpha value is -2.86. The second kappa shape index (κ2) is 5.64. The molecule has 3 aromatic rings. The number of hydrogen-bond acceptors (Lipinski definition) is 2. The van der Waals surface area contributed by atoms with E-state index in [9.17, 15) is 4.39 Å². The van der Waals surface area contributed by atoms with Crippen LogP contribution < -0.4 is 5.32 Å². The summed E-state index contributed by atoms with van der Waals surface area (Å²) in [7, 11) is 0. The van der Waals surface area contributed by atoms with Crippen LogP contribution in [0.1, 0.15) is 11.1 Å². The lowest BCUT2D eigenvalue weighted by molar-refractivity contribution is 0.624. The van der Waals surface area contributed by atoms with E-state index in [-0.39, 0.29) is 5.56 Å². The molecule has 3 rings (SSSR count). The lowest BCUT2D eigenvalue weighted by atomic mass is 10.0. The van der Waals surface area contributed by atoms with Crippen molar-refractivity contribution in [2.45, 2.75) is 6.54 Å². The number of halogens is 1. The summed E-state index contributed by atoms with van der Waals surface area (Å²) >= 11 is 0. The lowest BCUT2D eigenvalue weighted by Gasteiger charge is -2.10. The molecule has 0 amide bonds. The van der Waals surface area contributed by atoms with Gasteiger partial charge >= 0.3 is 0 Å². The molecule has 0 aromatic heterocycles. The van der Waals surface area contributed by atoms with E-state index in [0.29, 0.717) is 12.2 Å². The molecular weight excluding hydrogens is 263 g/mol. The fourth-order valence-electron chi connectivity index (χ4n) is 2.36. The third-order valence-electron chi connectivity index (χ3n) is 3.45. The van der Waals surface area contributed by atoms with Crippen molar-refractivity contribution in [1.29, 1.82) is 5.26 Å². The number of anilines is 1. The molecule has 1 N–H and O–H groups in total. The number of nitrogens with zero attached hydrogens (tertiary/aromatic N) is 1. The Bertz CT molecular complexity index is 829. The van der Waals surface area contributed by atoms with Gasteiger partial charge in [0.05, 0.1) is 5.56 Å². The zero-order valence-electron chi connectivity index (χ0n) is 11.3. The van der Waals surface area contributed by atoms with Crippen LogP contribution in [0, 0.1) is 17.1 Å². The third kappa shape index (κ3) is 2.70. The Morgan fingerprint density at radius 1 is 1.00 bits per heavy atom. The van der Waals surface area contributed by atoms with E-state index in [1.165, 1.54) is 22.9 Å². The van der Waals surface area contributed by atoms with Crippen molar-refractivity contribution in [2.75, 3.05) is 5.32 Å². The maximum absolute atomic E-state index is 13.6. The summed E-state index contributed by atoms with van der Waals surface area (Å²) in [4.78, 5) is 0. The van der Waals surface area contributed by atoms with Gasteiger partial charge in [-0.05, 0) is 34.5 Å². The van der Waals surface area contributed by atoms with Gasteiger partial charge in [-0.2, -0.15) is 5.26 Å². The van der Waals surface area contributed by atoms with Crippen LogP contribution in [-0.2, 0) is 6.54 Å². The third-order valence-corrected chi connectivity index (χ3v) is 3.45. The molecule has 102 valence electrons. The quantitative estimate of drug-likeness (QED) is 0.766. The highest BCUT2D eigenvalue weighted by atomic mass is 19.1. The van der Waals surface area contributed by atoms with E-state index in [4.69, 9.17) is 5.26 Å². The molecule has 3 heteroatoms. The molecule has 0 unspecified atom stereocenters. The number of rotatable bonds is 3. The average Bonchev–Trinajstić information content (AvgIpc) is 2.53. The first kappa shape index (κ1) is 13.1. The van der Waals surface area contributed by atoms with Gasteiger partial charge in [0.1, 0.15) is 11.9 Å². The second-order valence-electron chi connectivity index (χ2n) is 4.80. The fraction of sp³-hybridized carbons (Fsp3) is 0.0556. The minimum Gasteiger partial charge on any atom is -0.381 e. The lowest BCUT2D eigenvalue weighted by Crippen LogP contribution is -2.00. The van der Waals surface area contributed by atoms with E-state index in [1.54, 1.807) is 6.07 Å². The van der Waals surface area contributed by atoms with Crippen LogP contribution in [0.2, 0.25) is 0 Å². The van der Waals surface area contributed by atoms with E-state index in [0.717, 1.165) is 5.56 Å². The standard InChI is InChI=1S/C18H13FN2/c19-18-10-16(9-8-14(18)11-20)21-12-15-6-3-5-13-4-1-2-7-17(13)15/h1-10,21H,12H2. The van der Waals surface area contributed by atoms with Crippen molar-refractivity contribution < 1.29 is 4.39 Å². The molecule has 0 aliphatic heterocycles. The smallest absolute Gasteiger partial charge is 0.143 e. The fourth-order valence-corrected chi connectivity index (χ4v) is 2.36. The Morgan fingerprint density at radius 3 is 2.62 bits per heavy atom. The molecule has 3 aromatic carbocycles. The highest BCUT2D eigenvalue weighted by molar-refractivity contribution is 5.85. The van der Waals surface area contributed by atoms with Crippen LogP contribution in [0.4, 0.5) is 10.1 Å². The zero-order chi connectivity index (χ0) is 14.7. The van der Waals surface area contributed by atoms with Gasteiger partial charge in [0.25, 0.3) is 0 Å². The molecule has 2 nitrogen and oxygen atoms in total. The summed E-state index contributed by atoms with van der Waals surface area (Å²) in [6, 6.07) is 20.7. The second-order valence-corrected chi connectivity index (χ2v) is 4.80. The first-order chi connectivity index (χ1) is 10.3. The van der Waals surface area contributed by atoms with E-state index in [1.807, 2.05) is 24.3 Å². The molecule has 0 radical (unpaired) electrons. The molecule has 0 saturated carbocycles. The maximum atomic E-state index is 13.6. The first-order valence-electron chi connectivity index (χ1n) is 6.68. The summed E-state index contributed by atoms with van der Waals surface area (Å²) in [5.41, 5.74) is 1.88. The molecule has 0 heterocycles. The normalized spacial score (nSPS) is 10.3. The Balaban J connectivity index is 1.84. The van der Waals surface area contributed by atoms with Crippen LogP contribution >= 0.6 is 0 Å².